The maximum atomic E-state index is 11.5. The minimum Gasteiger partial charge on any atom is -0.199 e. The van der Waals surface area contributed by atoms with Crippen molar-refractivity contribution in [1.29, 1.82) is 0 Å². The topological polar surface area (TPSA) is 46.5 Å². The third kappa shape index (κ3) is 3.99. The van der Waals surface area contributed by atoms with Gasteiger partial charge in [0.1, 0.15) is 4.84 Å². The summed E-state index contributed by atoms with van der Waals surface area (Å²) in [6, 6.07) is 5.63. The molecule has 0 fully saturated rings. The highest BCUT2D eigenvalue weighted by atomic mass is 35.5. The van der Waals surface area contributed by atoms with Crippen LogP contribution >= 0.6 is 34.8 Å². The summed E-state index contributed by atoms with van der Waals surface area (Å²) in [7, 11) is -3.73. The van der Waals surface area contributed by atoms with Crippen molar-refractivity contribution in [3.63, 3.8) is 0 Å². The summed E-state index contributed by atoms with van der Waals surface area (Å²) >= 11 is 16.3. The Morgan fingerprint density at radius 1 is 1.20 bits per heavy atom. The SMILES string of the molecule is O=S(=O)(/N=C/C(Cl)Cl)c1ccc(Cl)cc1. The molecule has 7 heteroatoms. The second-order valence-electron chi connectivity index (χ2n) is 2.52. The number of rotatable bonds is 3. The van der Waals surface area contributed by atoms with Crippen LogP contribution in [0.4, 0.5) is 0 Å². The summed E-state index contributed by atoms with van der Waals surface area (Å²) in [5, 5.41) is 0.450. The molecule has 0 aliphatic rings. The summed E-state index contributed by atoms with van der Waals surface area (Å²) in [6.45, 7) is 0. The Balaban J connectivity index is 3.02. The Bertz CT molecular complexity index is 453. The van der Waals surface area contributed by atoms with Crippen LogP contribution in [-0.4, -0.2) is 19.5 Å². The van der Waals surface area contributed by atoms with Crippen molar-refractivity contribution in [1.82, 2.24) is 0 Å². The second-order valence-corrected chi connectivity index (χ2v) is 5.75. The first-order chi connectivity index (χ1) is 6.92. The van der Waals surface area contributed by atoms with E-state index in [1.807, 2.05) is 0 Å². The Hall–Kier alpha value is -0.290. The molecule has 0 aliphatic heterocycles. The van der Waals surface area contributed by atoms with Crippen molar-refractivity contribution in [3.05, 3.63) is 29.3 Å². The monoisotopic (exact) mass is 285 g/mol. The summed E-state index contributed by atoms with van der Waals surface area (Å²) in [4.78, 5) is -0.913. The number of benzene rings is 1. The number of hydrogen-bond acceptors (Lipinski definition) is 2. The predicted octanol–water partition coefficient (Wildman–Crippen LogP) is 2.90. The summed E-state index contributed by atoms with van der Waals surface area (Å²) < 4.78 is 26.3. The zero-order chi connectivity index (χ0) is 11.5. The molecule has 0 bridgehead atoms. The van der Waals surface area contributed by atoms with Crippen LogP contribution in [0.1, 0.15) is 0 Å². The first-order valence-corrected chi connectivity index (χ1v) is 6.45. The van der Waals surface area contributed by atoms with Gasteiger partial charge < -0.3 is 0 Å². The minimum atomic E-state index is -3.73. The molecule has 0 aliphatic carbocycles. The van der Waals surface area contributed by atoms with Gasteiger partial charge in [0, 0.05) is 5.02 Å². The summed E-state index contributed by atoms with van der Waals surface area (Å²) in [5.74, 6) is 0. The molecule has 0 saturated heterocycles. The van der Waals surface area contributed by atoms with E-state index in [0.717, 1.165) is 6.21 Å². The fraction of sp³-hybridized carbons (Fsp3) is 0.125. The lowest BCUT2D eigenvalue weighted by molar-refractivity contribution is 0.598. The average molecular weight is 287 g/mol. The molecule has 3 nitrogen and oxygen atoms in total. The van der Waals surface area contributed by atoms with Gasteiger partial charge in [-0.1, -0.05) is 34.8 Å². The maximum Gasteiger partial charge on any atom is 0.282 e. The van der Waals surface area contributed by atoms with Crippen LogP contribution in [0.25, 0.3) is 0 Å². The lowest BCUT2D eigenvalue weighted by atomic mass is 10.4. The van der Waals surface area contributed by atoms with Gasteiger partial charge in [0.05, 0.1) is 11.1 Å². The third-order valence-corrected chi connectivity index (χ3v) is 3.17. The first-order valence-electron chi connectivity index (χ1n) is 3.76. The van der Waals surface area contributed by atoms with Gasteiger partial charge >= 0.3 is 0 Å². The lowest BCUT2D eigenvalue weighted by Crippen LogP contribution is -1.99. The number of sulfonamides is 1. The Kier molecular flexibility index (Phi) is 4.40. The number of alkyl halides is 2. The molecule has 1 aromatic rings. The zero-order valence-corrected chi connectivity index (χ0v) is 10.4. The van der Waals surface area contributed by atoms with E-state index in [9.17, 15) is 8.42 Å². The molecule has 15 heavy (non-hydrogen) atoms. The van der Waals surface area contributed by atoms with Crippen LogP contribution in [0.15, 0.2) is 33.6 Å². The molecular weight excluding hydrogens is 281 g/mol. The first kappa shape index (κ1) is 12.8. The van der Waals surface area contributed by atoms with Gasteiger partial charge in [0.2, 0.25) is 0 Å². The second kappa shape index (κ2) is 5.16. The van der Waals surface area contributed by atoms with Crippen LogP contribution in [0.2, 0.25) is 5.02 Å². The maximum absolute atomic E-state index is 11.5. The molecule has 0 spiro atoms. The Labute approximate surface area is 103 Å². The van der Waals surface area contributed by atoms with Gasteiger partial charge in [-0.15, -0.1) is 0 Å². The van der Waals surface area contributed by atoms with Crippen molar-refractivity contribution < 1.29 is 8.42 Å². The molecule has 0 heterocycles. The highest BCUT2D eigenvalue weighted by molar-refractivity contribution is 7.90. The molecule has 1 aromatic carbocycles. The Morgan fingerprint density at radius 2 is 1.73 bits per heavy atom. The van der Waals surface area contributed by atoms with Crippen molar-refractivity contribution in [3.8, 4) is 0 Å². The van der Waals surface area contributed by atoms with Gasteiger partial charge in [0.15, 0.2) is 0 Å². The molecule has 0 radical (unpaired) electrons. The lowest BCUT2D eigenvalue weighted by Gasteiger charge is -1.98. The number of nitrogens with zero attached hydrogens (tertiary/aromatic N) is 1. The largest absolute Gasteiger partial charge is 0.282 e. The van der Waals surface area contributed by atoms with Crippen molar-refractivity contribution in [2.45, 2.75) is 9.73 Å². The van der Waals surface area contributed by atoms with E-state index in [-0.39, 0.29) is 4.90 Å². The molecule has 82 valence electrons. The van der Waals surface area contributed by atoms with Crippen molar-refractivity contribution >= 4 is 51.0 Å². The van der Waals surface area contributed by atoms with Crippen LogP contribution in [0.5, 0.6) is 0 Å². The fourth-order valence-corrected chi connectivity index (χ4v) is 2.05. The molecule has 0 amide bonds. The number of halogens is 3. The van der Waals surface area contributed by atoms with Crippen LogP contribution in [0.3, 0.4) is 0 Å². The molecule has 0 N–H and O–H groups in total. The Morgan fingerprint density at radius 3 is 2.20 bits per heavy atom. The van der Waals surface area contributed by atoms with Gasteiger partial charge in [-0.2, -0.15) is 12.8 Å². The zero-order valence-electron chi connectivity index (χ0n) is 7.27. The van der Waals surface area contributed by atoms with Crippen molar-refractivity contribution in [2.75, 3.05) is 0 Å². The van der Waals surface area contributed by atoms with Crippen LogP contribution < -0.4 is 0 Å². The fourth-order valence-electron chi connectivity index (χ4n) is 0.794. The van der Waals surface area contributed by atoms with E-state index < -0.39 is 14.9 Å². The molecule has 0 atom stereocenters. The van der Waals surface area contributed by atoms with Gasteiger partial charge in [-0.05, 0) is 24.3 Å². The smallest absolute Gasteiger partial charge is 0.199 e. The normalized spacial score (nSPS) is 12.5. The van der Waals surface area contributed by atoms with E-state index in [2.05, 4.69) is 4.40 Å². The molecule has 0 unspecified atom stereocenters. The van der Waals surface area contributed by atoms with Gasteiger partial charge in [0.25, 0.3) is 10.0 Å². The average Bonchev–Trinajstić information content (AvgIpc) is 2.16. The highest BCUT2D eigenvalue weighted by Gasteiger charge is 2.11. The quantitative estimate of drug-likeness (QED) is 0.633. The molecular formula is C8H6Cl3NO2S. The van der Waals surface area contributed by atoms with E-state index in [1.165, 1.54) is 24.3 Å². The molecule has 1 rings (SSSR count). The van der Waals surface area contributed by atoms with Gasteiger partial charge in [-0.25, -0.2) is 0 Å². The third-order valence-electron chi connectivity index (χ3n) is 1.42. The van der Waals surface area contributed by atoms with Crippen LogP contribution in [0, 0.1) is 0 Å². The van der Waals surface area contributed by atoms with E-state index >= 15 is 0 Å². The summed E-state index contributed by atoms with van der Waals surface area (Å²) in [6.07, 6.45) is 0.938. The van der Waals surface area contributed by atoms with E-state index in [1.54, 1.807) is 0 Å². The van der Waals surface area contributed by atoms with E-state index in [4.69, 9.17) is 34.8 Å². The molecule has 0 saturated carbocycles. The summed E-state index contributed by atoms with van der Waals surface area (Å²) in [5.41, 5.74) is 0. The minimum absolute atomic E-state index is 0.0390. The standard InChI is InChI=1S/C8H6Cl3NO2S/c9-6-1-3-7(4-2-6)15(13,14)12-5-8(10)11/h1-5,8H/b12-5+. The van der Waals surface area contributed by atoms with Crippen LogP contribution in [-0.2, 0) is 10.0 Å². The molecule has 0 aromatic heterocycles. The van der Waals surface area contributed by atoms with E-state index in [0.29, 0.717) is 5.02 Å². The van der Waals surface area contributed by atoms with Crippen molar-refractivity contribution in [2.24, 2.45) is 4.40 Å². The highest BCUT2D eigenvalue weighted by Crippen LogP contribution is 2.16. The predicted molar refractivity (Wildman–Crippen MR) is 62.6 cm³/mol. The van der Waals surface area contributed by atoms with Gasteiger partial charge in [-0.3, -0.25) is 0 Å². The number of hydrogen-bond donors (Lipinski definition) is 0.